The Balaban J connectivity index is 0.00000220. The van der Waals surface area contributed by atoms with Gasteiger partial charge in [-0.05, 0) is 12.5 Å². The third-order valence-electron chi connectivity index (χ3n) is 3.97. The van der Waals surface area contributed by atoms with Crippen LogP contribution in [0, 0.1) is 6.92 Å². The highest BCUT2D eigenvalue weighted by Crippen LogP contribution is 2.33. The normalized spacial score (nSPS) is 12.6. The highest BCUT2D eigenvalue weighted by molar-refractivity contribution is 5.35. The van der Waals surface area contributed by atoms with Crippen molar-refractivity contribution in [1.29, 1.82) is 0 Å². The predicted octanol–water partition coefficient (Wildman–Crippen LogP) is 0.157. The third-order valence-corrected chi connectivity index (χ3v) is 3.97. The van der Waals surface area contributed by atoms with Crippen molar-refractivity contribution in [3.8, 4) is 0 Å². The van der Waals surface area contributed by atoms with E-state index in [2.05, 4.69) is 69.6 Å². The molecule has 0 bridgehead atoms. The Morgan fingerprint density at radius 2 is 1.52 bits per heavy atom. The van der Waals surface area contributed by atoms with Gasteiger partial charge in [0.1, 0.15) is 12.6 Å². The molecule has 0 saturated carbocycles. The van der Waals surface area contributed by atoms with Crippen molar-refractivity contribution in [3.63, 3.8) is 0 Å². The Hall–Kier alpha value is -1.35. The summed E-state index contributed by atoms with van der Waals surface area (Å²) in [6.07, 6.45) is 0. The quantitative estimate of drug-likeness (QED) is 0.780. The van der Waals surface area contributed by atoms with Gasteiger partial charge in [0.2, 0.25) is 0 Å². The van der Waals surface area contributed by atoms with Gasteiger partial charge in [0.15, 0.2) is 0 Å². The van der Waals surface area contributed by atoms with E-state index >= 15 is 0 Å². The average Bonchev–Trinajstić information content (AvgIpc) is 2.42. The maximum absolute atomic E-state index is 9.40. The predicted molar refractivity (Wildman–Crippen MR) is 83.5 cm³/mol. The maximum Gasteiger partial charge on any atom is 0.140 e. The summed E-state index contributed by atoms with van der Waals surface area (Å²) in [6.45, 7) is 3.08. The first kappa shape index (κ1) is 17.7. The molecule has 1 atom stereocenters. The molecule has 0 heterocycles. The molecule has 114 valence electrons. The first-order valence-corrected chi connectivity index (χ1v) is 7.10. The van der Waals surface area contributed by atoms with Gasteiger partial charge in [-0.15, -0.1) is 0 Å². The van der Waals surface area contributed by atoms with Crippen LogP contribution < -0.4 is 12.4 Å². The molecule has 0 fully saturated rings. The lowest BCUT2D eigenvalue weighted by atomic mass is 9.92. The molecule has 0 aromatic heterocycles. The number of halogens is 1. The zero-order valence-corrected chi connectivity index (χ0v) is 13.7. The molecule has 0 amide bonds. The SMILES string of the molecule is Cc1ccccc1C(c1ccccc1)[N+](C)(C)CCO.[Cl-]. The van der Waals surface area contributed by atoms with E-state index in [-0.39, 0.29) is 25.1 Å². The van der Waals surface area contributed by atoms with E-state index < -0.39 is 0 Å². The van der Waals surface area contributed by atoms with Gasteiger partial charge in [-0.2, -0.15) is 0 Å². The van der Waals surface area contributed by atoms with Gasteiger partial charge in [0.05, 0.1) is 20.7 Å². The van der Waals surface area contributed by atoms with Gasteiger partial charge in [-0.25, -0.2) is 0 Å². The summed E-state index contributed by atoms with van der Waals surface area (Å²) in [6, 6.07) is 19.3. The largest absolute Gasteiger partial charge is 1.00 e. The topological polar surface area (TPSA) is 20.2 Å². The lowest BCUT2D eigenvalue weighted by molar-refractivity contribution is -0.915. The van der Waals surface area contributed by atoms with Gasteiger partial charge in [-0.3, -0.25) is 0 Å². The van der Waals surface area contributed by atoms with Crippen molar-refractivity contribution < 1.29 is 22.0 Å². The summed E-state index contributed by atoms with van der Waals surface area (Å²) in [7, 11) is 4.36. The van der Waals surface area contributed by atoms with Gasteiger partial charge in [0, 0.05) is 11.1 Å². The smallest absolute Gasteiger partial charge is 0.140 e. The van der Waals surface area contributed by atoms with E-state index in [0.717, 1.165) is 11.0 Å². The molecule has 2 nitrogen and oxygen atoms in total. The summed E-state index contributed by atoms with van der Waals surface area (Å²) >= 11 is 0. The maximum atomic E-state index is 9.40. The molecule has 0 aliphatic heterocycles. The van der Waals surface area contributed by atoms with Crippen molar-refractivity contribution in [1.82, 2.24) is 0 Å². The zero-order chi connectivity index (χ0) is 14.6. The van der Waals surface area contributed by atoms with Crippen LogP contribution >= 0.6 is 0 Å². The van der Waals surface area contributed by atoms with Crippen molar-refractivity contribution >= 4 is 0 Å². The second kappa shape index (κ2) is 7.60. The second-order valence-corrected chi connectivity index (χ2v) is 5.90. The molecule has 1 N–H and O–H groups in total. The molecule has 0 spiro atoms. The Morgan fingerprint density at radius 1 is 0.952 bits per heavy atom. The molecular formula is C18H24ClNO. The minimum absolute atomic E-state index is 0. The van der Waals surface area contributed by atoms with Gasteiger partial charge >= 0.3 is 0 Å². The van der Waals surface area contributed by atoms with Crippen LogP contribution in [0.1, 0.15) is 22.7 Å². The van der Waals surface area contributed by atoms with Crippen molar-refractivity contribution in [2.24, 2.45) is 0 Å². The van der Waals surface area contributed by atoms with E-state index in [1.54, 1.807) is 0 Å². The number of aliphatic hydroxyl groups is 1. The third kappa shape index (κ3) is 4.07. The average molecular weight is 306 g/mol. The molecule has 0 radical (unpaired) electrons. The Bertz CT molecular complexity index is 554. The first-order chi connectivity index (χ1) is 9.56. The minimum atomic E-state index is 0. The number of quaternary nitrogens is 1. The van der Waals surface area contributed by atoms with Crippen molar-refractivity contribution in [2.45, 2.75) is 13.0 Å². The van der Waals surface area contributed by atoms with Gasteiger partial charge in [0.25, 0.3) is 0 Å². The first-order valence-electron chi connectivity index (χ1n) is 7.10. The molecule has 21 heavy (non-hydrogen) atoms. The number of hydrogen-bond donors (Lipinski definition) is 1. The molecule has 2 aromatic rings. The van der Waals surface area contributed by atoms with E-state index in [1.807, 2.05) is 6.07 Å². The fourth-order valence-corrected chi connectivity index (χ4v) is 2.88. The highest BCUT2D eigenvalue weighted by Gasteiger charge is 2.31. The fourth-order valence-electron chi connectivity index (χ4n) is 2.88. The summed E-state index contributed by atoms with van der Waals surface area (Å²) in [5.74, 6) is 0. The summed E-state index contributed by atoms with van der Waals surface area (Å²) in [5.41, 5.74) is 3.92. The monoisotopic (exact) mass is 305 g/mol. The fraction of sp³-hybridized carbons (Fsp3) is 0.333. The van der Waals surface area contributed by atoms with Crippen LogP contribution in [-0.2, 0) is 0 Å². The summed E-state index contributed by atoms with van der Waals surface area (Å²) in [4.78, 5) is 0. The Labute approximate surface area is 134 Å². The molecule has 3 heteroatoms. The standard InChI is InChI=1S/C18H24NO.ClH/c1-15-9-7-8-12-17(15)18(19(2,3)13-14-20)16-10-5-4-6-11-16;/h4-12,18,20H,13-14H2,1-3H3;1H/q+1;/p-1. The molecule has 0 aliphatic rings. The molecule has 1 unspecified atom stereocenters. The second-order valence-electron chi connectivity index (χ2n) is 5.90. The number of likely N-dealkylation sites (N-methyl/N-ethyl adjacent to an activating group) is 1. The number of hydrogen-bond acceptors (Lipinski definition) is 1. The van der Waals surface area contributed by atoms with Crippen LogP contribution in [0.25, 0.3) is 0 Å². The minimum Gasteiger partial charge on any atom is -1.00 e. The van der Waals surface area contributed by atoms with Gasteiger partial charge in [-0.1, -0.05) is 54.6 Å². The van der Waals surface area contributed by atoms with Crippen LogP contribution in [0.4, 0.5) is 0 Å². The van der Waals surface area contributed by atoms with Crippen molar-refractivity contribution in [3.05, 3.63) is 71.3 Å². The lowest BCUT2D eigenvalue weighted by Crippen LogP contribution is -3.00. The number of rotatable bonds is 5. The Morgan fingerprint density at radius 3 is 2.10 bits per heavy atom. The number of benzene rings is 2. The van der Waals surface area contributed by atoms with E-state index in [9.17, 15) is 5.11 Å². The zero-order valence-electron chi connectivity index (χ0n) is 13.0. The number of nitrogens with zero attached hydrogens (tertiary/aromatic N) is 1. The molecule has 0 saturated heterocycles. The van der Waals surface area contributed by atoms with E-state index in [1.165, 1.54) is 16.7 Å². The lowest BCUT2D eigenvalue weighted by Gasteiger charge is -2.39. The van der Waals surface area contributed by atoms with Crippen LogP contribution in [-0.4, -0.2) is 36.8 Å². The van der Waals surface area contributed by atoms with Gasteiger partial charge < -0.3 is 22.0 Å². The van der Waals surface area contributed by atoms with Crippen LogP contribution in [0.2, 0.25) is 0 Å². The summed E-state index contributed by atoms with van der Waals surface area (Å²) < 4.78 is 0.741. The van der Waals surface area contributed by atoms with E-state index in [0.29, 0.717) is 0 Å². The van der Waals surface area contributed by atoms with Crippen LogP contribution in [0.3, 0.4) is 0 Å². The van der Waals surface area contributed by atoms with Crippen LogP contribution in [0.5, 0.6) is 0 Å². The molecule has 2 rings (SSSR count). The molecule has 0 aliphatic carbocycles. The Kier molecular flexibility index (Phi) is 6.41. The van der Waals surface area contributed by atoms with E-state index in [4.69, 9.17) is 0 Å². The highest BCUT2D eigenvalue weighted by atomic mass is 35.5. The van der Waals surface area contributed by atoms with Crippen molar-refractivity contribution in [2.75, 3.05) is 27.2 Å². The summed E-state index contributed by atoms with van der Waals surface area (Å²) in [5, 5.41) is 9.40. The number of aryl methyl sites for hydroxylation is 1. The number of aliphatic hydroxyl groups excluding tert-OH is 1. The molecule has 2 aromatic carbocycles. The van der Waals surface area contributed by atoms with Crippen LogP contribution in [0.15, 0.2) is 54.6 Å². The molecular weight excluding hydrogens is 282 g/mol.